The predicted octanol–water partition coefficient (Wildman–Crippen LogP) is 2.20. The molecule has 4 rings (SSSR count). The van der Waals surface area contributed by atoms with Crippen molar-refractivity contribution in [2.75, 3.05) is 16.8 Å². The number of sulfonamides is 1. The number of H-pyrrole nitrogens is 1. The second kappa shape index (κ2) is 8.45. The lowest BCUT2D eigenvalue weighted by molar-refractivity contribution is -0.116. The lowest BCUT2D eigenvalue weighted by Gasteiger charge is -2.12. The van der Waals surface area contributed by atoms with Crippen LogP contribution in [0.1, 0.15) is 18.4 Å². The molecule has 0 saturated carbocycles. The van der Waals surface area contributed by atoms with Crippen LogP contribution in [-0.4, -0.2) is 45.3 Å². The molecule has 2 aromatic carbocycles. The normalized spacial score (nSPS) is 18.3. The van der Waals surface area contributed by atoms with Gasteiger partial charge in [-0.3, -0.25) is 4.79 Å². The number of benzene rings is 2. The van der Waals surface area contributed by atoms with E-state index in [-0.39, 0.29) is 28.7 Å². The summed E-state index contributed by atoms with van der Waals surface area (Å²) >= 11 is 0. The molecule has 1 fully saturated rings. The van der Waals surface area contributed by atoms with Crippen LogP contribution >= 0.6 is 0 Å². The van der Waals surface area contributed by atoms with Gasteiger partial charge >= 0.3 is 0 Å². The third-order valence-corrected chi connectivity index (χ3v) is 8.60. The van der Waals surface area contributed by atoms with Gasteiger partial charge in [0.1, 0.15) is 0 Å². The SMILES string of the molecule is O=C(CCc1c[nH]c2ccccc12)Nc1ccc(S(=O)(=O)N[C@@H]2CCS(=O)(=O)C2)cc1. The van der Waals surface area contributed by atoms with E-state index in [2.05, 4.69) is 15.0 Å². The summed E-state index contributed by atoms with van der Waals surface area (Å²) in [5.74, 6) is -0.365. The van der Waals surface area contributed by atoms with Gasteiger partial charge in [0.2, 0.25) is 15.9 Å². The van der Waals surface area contributed by atoms with Crippen molar-refractivity contribution in [3.05, 3.63) is 60.3 Å². The number of para-hydroxylation sites is 1. The maximum absolute atomic E-state index is 12.5. The largest absolute Gasteiger partial charge is 0.361 e. The molecule has 164 valence electrons. The summed E-state index contributed by atoms with van der Waals surface area (Å²) in [5.41, 5.74) is 2.58. The van der Waals surface area contributed by atoms with Gasteiger partial charge in [0.15, 0.2) is 9.84 Å². The van der Waals surface area contributed by atoms with Gasteiger partial charge in [-0.2, -0.15) is 0 Å². The van der Waals surface area contributed by atoms with Crippen LogP contribution in [0.3, 0.4) is 0 Å². The number of carbonyl (C=O) groups excluding carboxylic acids is 1. The molecule has 8 nitrogen and oxygen atoms in total. The predicted molar refractivity (Wildman–Crippen MR) is 119 cm³/mol. The number of hydrogen-bond acceptors (Lipinski definition) is 5. The average molecular weight is 462 g/mol. The first kappa shape index (κ1) is 21.5. The fourth-order valence-electron chi connectivity index (χ4n) is 3.70. The number of hydrogen-bond donors (Lipinski definition) is 3. The number of nitrogens with one attached hydrogen (secondary N) is 3. The Bertz CT molecular complexity index is 1310. The van der Waals surface area contributed by atoms with Crippen LogP contribution < -0.4 is 10.0 Å². The van der Waals surface area contributed by atoms with Crippen molar-refractivity contribution in [3.8, 4) is 0 Å². The third kappa shape index (κ3) is 5.15. The van der Waals surface area contributed by atoms with Crippen molar-refractivity contribution in [1.29, 1.82) is 0 Å². The van der Waals surface area contributed by atoms with Gasteiger partial charge in [-0.1, -0.05) is 18.2 Å². The molecule has 1 saturated heterocycles. The summed E-state index contributed by atoms with van der Waals surface area (Å²) in [6.07, 6.45) is 3.04. The van der Waals surface area contributed by atoms with Gasteiger partial charge in [0.05, 0.1) is 16.4 Å². The van der Waals surface area contributed by atoms with Crippen molar-refractivity contribution in [2.45, 2.75) is 30.2 Å². The van der Waals surface area contributed by atoms with E-state index in [0.717, 1.165) is 16.5 Å². The van der Waals surface area contributed by atoms with Crippen molar-refractivity contribution in [3.63, 3.8) is 0 Å². The molecule has 1 aromatic heterocycles. The molecule has 10 heteroatoms. The highest BCUT2D eigenvalue weighted by Crippen LogP contribution is 2.20. The third-order valence-electron chi connectivity index (χ3n) is 5.30. The molecule has 3 aromatic rings. The quantitative estimate of drug-likeness (QED) is 0.497. The van der Waals surface area contributed by atoms with E-state index in [1.807, 2.05) is 30.5 Å². The molecule has 1 amide bonds. The summed E-state index contributed by atoms with van der Waals surface area (Å²) in [5, 5.41) is 3.86. The van der Waals surface area contributed by atoms with Gasteiger partial charge in [-0.05, 0) is 48.7 Å². The maximum Gasteiger partial charge on any atom is 0.240 e. The van der Waals surface area contributed by atoms with Crippen LogP contribution in [-0.2, 0) is 31.1 Å². The summed E-state index contributed by atoms with van der Waals surface area (Å²) < 4.78 is 50.4. The topological polar surface area (TPSA) is 125 Å². The van der Waals surface area contributed by atoms with Crippen molar-refractivity contribution < 1.29 is 21.6 Å². The maximum atomic E-state index is 12.5. The van der Waals surface area contributed by atoms with Crippen LogP contribution in [0.15, 0.2) is 59.6 Å². The lowest BCUT2D eigenvalue weighted by atomic mass is 10.1. The number of fused-ring (bicyclic) bond motifs is 1. The Labute approximate surface area is 181 Å². The molecule has 0 spiro atoms. The van der Waals surface area contributed by atoms with E-state index < -0.39 is 25.9 Å². The molecule has 1 aliphatic rings. The molecule has 31 heavy (non-hydrogen) atoms. The van der Waals surface area contributed by atoms with Crippen LogP contribution in [0, 0.1) is 0 Å². The molecule has 2 heterocycles. The van der Waals surface area contributed by atoms with Crippen molar-refractivity contribution in [2.24, 2.45) is 0 Å². The zero-order valence-corrected chi connectivity index (χ0v) is 18.3. The first-order valence-corrected chi connectivity index (χ1v) is 13.2. The van der Waals surface area contributed by atoms with Crippen molar-refractivity contribution >= 4 is 42.4 Å². The number of anilines is 1. The molecule has 0 radical (unpaired) electrons. The highest BCUT2D eigenvalue weighted by molar-refractivity contribution is 7.92. The van der Waals surface area contributed by atoms with Crippen LogP contribution in [0.5, 0.6) is 0 Å². The summed E-state index contributed by atoms with van der Waals surface area (Å²) in [6, 6.07) is 13.1. The number of aryl methyl sites for hydroxylation is 1. The molecule has 0 unspecified atom stereocenters. The van der Waals surface area contributed by atoms with Gasteiger partial charge in [-0.15, -0.1) is 0 Å². The Morgan fingerprint density at radius 3 is 2.55 bits per heavy atom. The number of aromatic nitrogens is 1. The molecule has 3 N–H and O–H groups in total. The number of rotatable bonds is 7. The molecular formula is C21H23N3O5S2. The fourth-order valence-corrected chi connectivity index (χ4v) is 6.75. The Hall–Kier alpha value is -2.69. The average Bonchev–Trinajstić information content (AvgIpc) is 3.29. The standard InChI is InChI=1S/C21H23N3O5S2/c25-21(10-5-15-13-22-20-4-2-1-3-19(15)20)23-16-6-8-18(9-7-16)31(28,29)24-17-11-12-30(26,27)14-17/h1-4,6-9,13,17,22,24H,5,10-12,14H2,(H,23,25)/t17-/m1/s1. The van der Waals surface area contributed by atoms with Gasteiger partial charge in [-0.25, -0.2) is 21.6 Å². The first-order chi connectivity index (χ1) is 14.7. The Kier molecular flexibility index (Phi) is 5.87. The lowest BCUT2D eigenvalue weighted by Crippen LogP contribution is -2.35. The zero-order valence-electron chi connectivity index (χ0n) is 16.7. The first-order valence-electron chi connectivity index (χ1n) is 9.89. The molecule has 0 aliphatic carbocycles. The van der Waals surface area contributed by atoms with E-state index in [0.29, 0.717) is 18.5 Å². The van der Waals surface area contributed by atoms with Gasteiger partial charge in [0.25, 0.3) is 0 Å². The monoisotopic (exact) mass is 461 g/mol. The van der Waals surface area contributed by atoms with Crippen LogP contribution in [0.4, 0.5) is 5.69 Å². The Morgan fingerprint density at radius 1 is 1.10 bits per heavy atom. The van der Waals surface area contributed by atoms with Gasteiger partial charge in [0, 0.05) is 35.2 Å². The van der Waals surface area contributed by atoms with E-state index in [1.165, 1.54) is 24.3 Å². The van der Waals surface area contributed by atoms with Crippen LogP contribution in [0.25, 0.3) is 10.9 Å². The number of amides is 1. The molecular weight excluding hydrogens is 438 g/mol. The minimum Gasteiger partial charge on any atom is -0.361 e. The minimum absolute atomic E-state index is 0.0102. The van der Waals surface area contributed by atoms with E-state index >= 15 is 0 Å². The molecule has 1 aliphatic heterocycles. The van der Waals surface area contributed by atoms with Crippen molar-refractivity contribution in [1.82, 2.24) is 9.71 Å². The van der Waals surface area contributed by atoms with Gasteiger partial charge < -0.3 is 10.3 Å². The van der Waals surface area contributed by atoms with E-state index in [4.69, 9.17) is 0 Å². The number of sulfone groups is 1. The summed E-state index contributed by atoms with van der Waals surface area (Å²) in [6.45, 7) is 0. The number of aromatic amines is 1. The summed E-state index contributed by atoms with van der Waals surface area (Å²) in [7, 11) is -7.01. The van der Waals surface area contributed by atoms with E-state index in [1.54, 1.807) is 0 Å². The highest BCUT2D eigenvalue weighted by Gasteiger charge is 2.31. The van der Waals surface area contributed by atoms with E-state index in [9.17, 15) is 21.6 Å². The Morgan fingerprint density at radius 2 is 1.84 bits per heavy atom. The second-order valence-electron chi connectivity index (χ2n) is 7.65. The molecule has 1 atom stereocenters. The fraction of sp³-hybridized carbons (Fsp3) is 0.286. The Balaban J connectivity index is 1.34. The van der Waals surface area contributed by atoms with Crippen LogP contribution in [0.2, 0.25) is 0 Å². The minimum atomic E-state index is -3.83. The molecule has 0 bridgehead atoms. The number of carbonyl (C=O) groups is 1. The smallest absolute Gasteiger partial charge is 0.240 e. The summed E-state index contributed by atoms with van der Waals surface area (Å²) in [4.78, 5) is 15.5. The zero-order chi connectivity index (χ0) is 22.1. The highest BCUT2D eigenvalue weighted by atomic mass is 32.2. The second-order valence-corrected chi connectivity index (χ2v) is 11.6.